The van der Waals surface area contributed by atoms with Crippen molar-refractivity contribution < 1.29 is 13.2 Å². The Labute approximate surface area is 84.6 Å². The average Bonchev–Trinajstić information content (AvgIpc) is 2.97. The van der Waals surface area contributed by atoms with Crippen LogP contribution in [0.3, 0.4) is 0 Å². The van der Waals surface area contributed by atoms with E-state index in [-0.39, 0.29) is 5.69 Å². The first-order valence-electron chi connectivity index (χ1n) is 4.46. The van der Waals surface area contributed by atoms with E-state index in [9.17, 15) is 13.2 Å². The Morgan fingerprint density at radius 2 is 2.00 bits per heavy atom. The molecule has 5 heteroatoms. The molecule has 1 saturated carbocycles. The number of aromatic nitrogens is 2. The monoisotopic (exact) mass is 212 g/mol. The lowest BCUT2D eigenvalue weighted by Gasteiger charge is -2.03. The van der Waals surface area contributed by atoms with Gasteiger partial charge in [-0.3, -0.25) is 0 Å². The van der Waals surface area contributed by atoms with Gasteiger partial charge in [0.2, 0.25) is 0 Å². The number of hydrogen-bond donors (Lipinski definition) is 0. The van der Waals surface area contributed by atoms with Crippen molar-refractivity contribution in [1.29, 1.82) is 0 Å². The molecule has 1 heterocycles. The average molecular weight is 212 g/mol. The molecule has 0 N–H and O–H groups in total. The van der Waals surface area contributed by atoms with Crippen LogP contribution in [0.15, 0.2) is 12.4 Å². The van der Waals surface area contributed by atoms with Crippen LogP contribution in [0.4, 0.5) is 13.2 Å². The van der Waals surface area contributed by atoms with Gasteiger partial charge in [-0.05, 0) is 18.8 Å². The summed E-state index contributed by atoms with van der Waals surface area (Å²) >= 11 is 0. The van der Waals surface area contributed by atoms with Crippen molar-refractivity contribution in [1.82, 2.24) is 9.97 Å². The quantitative estimate of drug-likeness (QED) is 0.616. The Morgan fingerprint density at radius 3 is 2.60 bits per heavy atom. The van der Waals surface area contributed by atoms with Crippen molar-refractivity contribution >= 4 is 0 Å². The zero-order valence-corrected chi connectivity index (χ0v) is 7.67. The fourth-order valence-corrected chi connectivity index (χ4v) is 0.984. The fraction of sp³-hybridized carbons (Fsp3) is 0.400. The molecule has 0 bridgehead atoms. The summed E-state index contributed by atoms with van der Waals surface area (Å²) in [6.45, 7) is 0. The second kappa shape index (κ2) is 3.54. The minimum absolute atomic E-state index is 0.129. The molecule has 0 aromatic carbocycles. The van der Waals surface area contributed by atoms with Crippen molar-refractivity contribution in [2.45, 2.75) is 19.0 Å². The van der Waals surface area contributed by atoms with Gasteiger partial charge in [0.15, 0.2) is 0 Å². The molecule has 1 aliphatic rings. The molecule has 1 aliphatic carbocycles. The smallest absolute Gasteiger partial charge is 0.232 e. The van der Waals surface area contributed by atoms with Gasteiger partial charge in [0.25, 0.3) is 0 Å². The molecule has 0 aliphatic heterocycles. The third-order valence-corrected chi connectivity index (χ3v) is 1.94. The predicted molar refractivity (Wildman–Crippen MR) is 46.6 cm³/mol. The molecular formula is C10H7F3N2. The first-order valence-corrected chi connectivity index (χ1v) is 4.46. The Bertz CT molecular complexity index is 424. The van der Waals surface area contributed by atoms with E-state index < -0.39 is 11.9 Å². The Hall–Kier alpha value is -1.57. The molecule has 0 amide bonds. The van der Waals surface area contributed by atoms with Crippen LogP contribution < -0.4 is 0 Å². The van der Waals surface area contributed by atoms with Gasteiger partial charge in [-0.25, -0.2) is 9.97 Å². The van der Waals surface area contributed by atoms with Gasteiger partial charge in [0.1, 0.15) is 17.7 Å². The summed E-state index contributed by atoms with van der Waals surface area (Å²) in [5.74, 6) is 5.80. The van der Waals surface area contributed by atoms with Crippen LogP contribution in [0.2, 0.25) is 0 Å². The molecule has 0 spiro atoms. The number of halogens is 3. The molecule has 78 valence electrons. The van der Waals surface area contributed by atoms with Crippen molar-refractivity contribution in [2.75, 3.05) is 0 Å². The summed E-state index contributed by atoms with van der Waals surface area (Å²) in [6.07, 6.45) is -1.48. The van der Waals surface area contributed by atoms with E-state index in [1.165, 1.54) is 0 Å². The van der Waals surface area contributed by atoms with E-state index in [1.807, 2.05) is 0 Å². The molecule has 0 saturated heterocycles. The molecule has 0 atom stereocenters. The highest BCUT2D eigenvalue weighted by Gasteiger charge is 2.32. The van der Waals surface area contributed by atoms with Crippen molar-refractivity contribution in [3.63, 3.8) is 0 Å². The maximum Gasteiger partial charge on any atom is 0.433 e. The molecule has 0 radical (unpaired) electrons. The molecule has 1 aromatic heterocycles. The number of alkyl halides is 3. The summed E-state index contributed by atoms with van der Waals surface area (Å²) in [5, 5.41) is 0. The third-order valence-electron chi connectivity index (χ3n) is 1.94. The molecule has 0 unspecified atom stereocenters. The molecule has 1 fully saturated rings. The van der Waals surface area contributed by atoms with E-state index in [2.05, 4.69) is 21.8 Å². The zero-order chi connectivity index (χ0) is 10.9. The Kier molecular flexibility index (Phi) is 2.35. The van der Waals surface area contributed by atoms with Crippen LogP contribution in [0, 0.1) is 17.8 Å². The van der Waals surface area contributed by atoms with E-state index in [0.717, 1.165) is 25.2 Å². The summed E-state index contributed by atoms with van der Waals surface area (Å²) in [4.78, 5) is 6.82. The highest BCUT2D eigenvalue weighted by Crippen LogP contribution is 2.28. The normalized spacial score (nSPS) is 15.7. The SMILES string of the molecule is FC(F)(F)c1cc(C#CC2CC2)ncn1. The molecule has 2 nitrogen and oxygen atoms in total. The largest absolute Gasteiger partial charge is 0.433 e. The minimum Gasteiger partial charge on any atom is -0.232 e. The zero-order valence-electron chi connectivity index (χ0n) is 7.67. The van der Waals surface area contributed by atoms with Crippen LogP contribution in [0.25, 0.3) is 0 Å². The lowest BCUT2D eigenvalue weighted by molar-refractivity contribution is -0.141. The van der Waals surface area contributed by atoms with Gasteiger partial charge in [0, 0.05) is 12.0 Å². The van der Waals surface area contributed by atoms with Crippen molar-refractivity contribution in [2.24, 2.45) is 5.92 Å². The van der Waals surface area contributed by atoms with Crippen LogP contribution in [-0.4, -0.2) is 9.97 Å². The van der Waals surface area contributed by atoms with Crippen molar-refractivity contribution in [3.05, 3.63) is 23.8 Å². The van der Waals surface area contributed by atoms with E-state index >= 15 is 0 Å². The standard InChI is InChI=1S/C10H7F3N2/c11-10(12,13)9-5-8(14-6-15-9)4-3-7-1-2-7/h5-7H,1-2H2. The van der Waals surface area contributed by atoms with E-state index in [0.29, 0.717) is 5.92 Å². The number of hydrogen-bond acceptors (Lipinski definition) is 2. The highest BCUT2D eigenvalue weighted by molar-refractivity contribution is 5.30. The van der Waals surface area contributed by atoms with Crippen molar-refractivity contribution in [3.8, 4) is 11.8 Å². The predicted octanol–water partition coefficient (Wildman–Crippen LogP) is 2.26. The van der Waals surface area contributed by atoms with Gasteiger partial charge >= 0.3 is 6.18 Å². The Morgan fingerprint density at radius 1 is 1.27 bits per heavy atom. The first-order chi connectivity index (χ1) is 7.05. The number of rotatable bonds is 0. The lowest BCUT2D eigenvalue weighted by Crippen LogP contribution is -2.08. The lowest BCUT2D eigenvalue weighted by atomic mass is 10.3. The van der Waals surface area contributed by atoms with Crippen LogP contribution in [-0.2, 0) is 6.18 Å². The highest BCUT2D eigenvalue weighted by atomic mass is 19.4. The van der Waals surface area contributed by atoms with Crippen LogP contribution in [0.1, 0.15) is 24.2 Å². The summed E-state index contributed by atoms with van der Waals surface area (Å²) in [7, 11) is 0. The second-order valence-corrected chi connectivity index (χ2v) is 3.33. The number of nitrogens with zero attached hydrogens (tertiary/aromatic N) is 2. The van der Waals surface area contributed by atoms with E-state index in [1.54, 1.807) is 0 Å². The minimum atomic E-state index is -4.43. The summed E-state index contributed by atoms with van der Waals surface area (Å²) < 4.78 is 36.7. The second-order valence-electron chi connectivity index (χ2n) is 3.33. The molecule has 1 aromatic rings. The van der Waals surface area contributed by atoms with Gasteiger partial charge in [0.05, 0.1) is 0 Å². The third kappa shape index (κ3) is 2.69. The maximum atomic E-state index is 12.2. The van der Waals surface area contributed by atoms with Gasteiger partial charge < -0.3 is 0 Å². The maximum absolute atomic E-state index is 12.2. The van der Waals surface area contributed by atoms with Gasteiger partial charge in [-0.15, -0.1) is 0 Å². The Balaban J connectivity index is 2.23. The van der Waals surface area contributed by atoms with E-state index in [4.69, 9.17) is 0 Å². The van der Waals surface area contributed by atoms with Gasteiger partial charge in [-0.1, -0.05) is 5.92 Å². The molecular weight excluding hydrogens is 205 g/mol. The van der Waals surface area contributed by atoms with Crippen LogP contribution in [0.5, 0.6) is 0 Å². The fourth-order valence-electron chi connectivity index (χ4n) is 0.984. The van der Waals surface area contributed by atoms with Crippen LogP contribution >= 0.6 is 0 Å². The molecule has 2 rings (SSSR count). The molecule has 15 heavy (non-hydrogen) atoms. The van der Waals surface area contributed by atoms with Gasteiger partial charge in [-0.2, -0.15) is 13.2 Å². The first kappa shape index (κ1) is 9.97. The summed E-state index contributed by atoms with van der Waals surface area (Å²) in [5.41, 5.74) is -0.818. The topological polar surface area (TPSA) is 25.8 Å². The summed E-state index contributed by atoms with van der Waals surface area (Å²) in [6, 6.07) is 0.870.